The Bertz CT molecular complexity index is 899. The molecule has 0 aliphatic rings. The van der Waals surface area contributed by atoms with Gasteiger partial charge in [-0.05, 0) is 43.2 Å². The van der Waals surface area contributed by atoms with Crippen molar-refractivity contribution in [1.29, 1.82) is 0 Å². The number of hydrogen-bond acceptors (Lipinski definition) is 2. The van der Waals surface area contributed by atoms with E-state index in [2.05, 4.69) is 16.5 Å². The van der Waals surface area contributed by atoms with E-state index in [1.165, 1.54) is 0 Å². The number of primary amides is 1. The first-order chi connectivity index (χ1) is 12.0. The molecule has 1 amide bonds. The zero-order chi connectivity index (χ0) is 18.0. The molecule has 0 saturated heterocycles. The van der Waals surface area contributed by atoms with E-state index in [-0.39, 0.29) is 0 Å². The lowest BCUT2D eigenvalue weighted by molar-refractivity contribution is 0.1000. The zero-order valence-corrected chi connectivity index (χ0v) is 15.0. The summed E-state index contributed by atoms with van der Waals surface area (Å²) in [7, 11) is 0. The van der Waals surface area contributed by atoms with E-state index in [1.807, 2.05) is 49.4 Å². The molecule has 0 radical (unpaired) electrons. The molecule has 2 aromatic heterocycles. The Labute approximate surface area is 152 Å². The molecule has 3 rings (SSSR count). The van der Waals surface area contributed by atoms with Crippen LogP contribution in [-0.4, -0.2) is 15.5 Å². The minimum Gasteiger partial charge on any atom is -0.366 e. The fourth-order valence-electron chi connectivity index (χ4n) is 3.26. The summed E-state index contributed by atoms with van der Waals surface area (Å²) >= 11 is 6.01. The number of amides is 1. The van der Waals surface area contributed by atoms with Crippen molar-refractivity contribution in [2.45, 2.75) is 26.8 Å². The third kappa shape index (κ3) is 3.30. The summed E-state index contributed by atoms with van der Waals surface area (Å²) in [6.07, 6.45) is 2.55. The maximum atomic E-state index is 12.2. The summed E-state index contributed by atoms with van der Waals surface area (Å²) < 4.78 is 2.13. The van der Waals surface area contributed by atoms with Crippen molar-refractivity contribution < 1.29 is 4.79 Å². The number of pyridine rings is 1. The molecule has 0 atom stereocenters. The predicted molar refractivity (Wildman–Crippen MR) is 101 cm³/mol. The number of benzene rings is 1. The van der Waals surface area contributed by atoms with Crippen molar-refractivity contribution in [3.63, 3.8) is 0 Å². The molecule has 0 unspecified atom stereocenters. The van der Waals surface area contributed by atoms with Gasteiger partial charge in [-0.15, -0.1) is 0 Å². The summed E-state index contributed by atoms with van der Waals surface area (Å²) in [4.78, 5) is 16.6. The van der Waals surface area contributed by atoms with E-state index in [4.69, 9.17) is 17.3 Å². The molecule has 0 aliphatic heterocycles. The van der Waals surface area contributed by atoms with E-state index in [0.29, 0.717) is 17.1 Å². The van der Waals surface area contributed by atoms with Crippen LogP contribution in [0.4, 0.5) is 0 Å². The summed E-state index contributed by atoms with van der Waals surface area (Å²) in [5.74, 6) is -0.420. The van der Waals surface area contributed by atoms with E-state index in [0.717, 1.165) is 34.6 Å². The van der Waals surface area contributed by atoms with Gasteiger partial charge in [0.1, 0.15) is 0 Å². The van der Waals surface area contributed by atoms with Gasteiger partial charge < -0.3 is 10.3 Å². The van der Waals surface area contributed by atoms with Crippen molar-refractivity contribution >= 4 is 17.5 Å². The highest BCUT2D eigenvalue weighted by Crippen LogP contribution is 2.34. The second kappa shape index (κ2) is 7.11. The lowest BCUT2D eigenvalue weighted by atomic mass is 9.99. The molecule has 3 aromatic rings. The van der Waals surface area contributed by atoms with Gasteiger partial charge in [0, 0.05) is 28.2 Å². The Balaban J connectivity index is 2.21. The van der Waals surface area contributed by atoms with Gasteiger partial charge >= 0.3 is 0 Å². The Morgan fingerprint density at radius 1 is 1.20 bits per heavy atom. The van der Waals surface area contributed by atoms with Crippen molar-refractivity contribution in [2.24, 2.45) is 5.73 Å². The number of carbonyl (C=O) groups excluding carboxylic acids is 1. The maximum absolute atomic E-state index is 12.2. The van der Waals surface area contributed by atoms with Crippen molar-refractivity contribution in [3.8, 4) is 11.1 Å². The molecule has 1 aromatic carbocycles. The molecule has 0 spiro atoms. The van der Waals surface area contributed by atoms with Gasteiger partial charge in [-0.2, -0.15) is 0 Å². The SMILES string of the molecule is CCc1c(-c2ccc(Cl)cc2)c(C(N)=O)c(C)n1Cc1ccccn1. The van der Waals surface area contributed by atoms with Gasteiger partial charge in [-0.3, -0.25) is 9.78 Å². The Kier molecular flexibility index (Phi) is 4.91. The average Bonchev–Trinajstić information content (AvgIpc) is 2.88. The second-order valence-corrected chi connectivity index (χ2v) is 6.35. The first-order valence-corrected chi connectivity index (χ1v) is 8.58. The Morgan fingerprint density at radius 3 is 2.48 bits per heavy atom. The fourth-order valence-corrected chi connectivity index (χ4v) is 3.39. The first kappa shape index (κ1) is 17.2. The topological polar surface area (TPSA) is 60.9 Å². The largest absolute Gasteiger partial charge is 0.366 e. The number of rotatable bonds is 5. The molecule has 128 valence electrons. The quantitative estimate of drug-likeness (QED) is 0.746. The number of carbonyl (C=O) groups is 1. The summed E-state index contributed by atoms with van der Waals surface area (Å²) in [6, 6.07) is 13.3. The molecular formula is C20H20ClN3O. The highest BCUT2D eigenvalue weighted by molar-refractivity contribution is 6.30. The van der Waals surface area contributed by atoms with Crippen LogP contribution in [0.25, 0.3) is 11.1 Å². The average molecular weight is 354 g/mol. The highest BCUT2D eigenvalue weighted by Gasteiger charge is 2.24. The highest BCUT2D eigenvalue weighted by atomic mass is 35.5. The lowest BCUT2D eigenvalue weighted by Crippen LogP contribution is -2.13. The van der Waals surface area contributed by atoms with E-state index >= 15 is 0 Å². The summed E-state index contributed by atoms with van der Waals surface area (Å²) in [5.41, 5.74) is 11.0. The smallest absolute Gasteiger partial charge is 0.251 e. The van der Waals surface area contributed by atoms with Crippen LogP contribution in [-0.2, 0) is 13.0 Å². The van der Waals surface area contributed by atoms with Gasteiger partial charge in [-0.1, -0.05) is 36.7 Å². The molecule has 0 bridgehead atoms. The predicted octanol–water partition coefficient (Wildman–Crippen LogP) is 4.22. The van der Waals surface area contributed by atoms with E-state index in [1.54, 1.807) is 6.20 Å². The van der Waals surface area contributed by atoms with Crippen LogP contribution in [0.5, 0.6) is 0 Å². The third-order valence-corrected chi connectivity index (χ3v) is 4.64. The molecule has 0 fully saturated rings. The van der Waals surface area contributed by atoms with Gasteiger partial charge in [-0.25, -0.2) is 0 Å². The minimum atomic E-state index is -0.420. The molecule has 2 heterocycles. The fraction of sp³-hybridized carbons (Fsp3) is 0.200. The number of aromatic nitrogens is 2. The first-order valence-electron chi connectivity index (χ1n) is 8.20. The Hall–Kier alpha value is -2.59. The molecule has 4 nitrogen and oxygen atoms in total. The molecule has 0 saturated carbocycles. The zero-order valence-electron chi connectivity index (χ0n) is 14.3. The van der Waals surface area contributed by atoms with Crippen molar-refractivity contribution in [2.75, 3.05) is 0 Å². The van der Waals surface area contributed by atoms with Crippen LogP contribution >= 0.6 is 11.6 Å². The summed E-state index contributed by atoms with van der Waals surface area (Å²) in [6.45, 7) is 4.61. The molecule has 5 heteroatoms. The lowest BCUT2D eigenvalue weighted by Gasteiger charge is -2.11. The number of nitrogens with zero attached hydrogens (tertiary/aromatic N) is 2. The van der Waals surface area contributed by atoms with Crippen molar-refractivity contribution in [1.82, 2.24) is 9.55 Å². The van der Waals surface area contributed by atoms with Crippen molar-refractivity contribution in [3.05, 3.63) is 76.3 Å². The van der Waals surface area contributed by atoms with Gasteiger partial charge in [0.05, 0.1) is 17.8 Å². The number of hydrogen-bond donors (Lipinski definition) is 1. The molecular weight excluding hydrogens is 334 g/mol. The molecule has 25 heavy (non-hydrogen) atoms. The van der Waals surface area contributed by atoms with E-state index < -0.39 is 5.91 Å². The van der Waals surface area contributed by atoms with Crippen LogP contribution in [0.2, 0.25) is 5.02 Å². The van der Waals surface area contributed by atoms with Gasteiger partial charge in [0.15, 0.2) is 0 Å². The number of nitrogens with two attached hydrogens (primary N) is 1. The van der Waals surface area contributed by atoms with Crippen LogP contribution in [0.15, 0.2) is 48.7 Å². The maximum Gasteiger partial charge on any atom is 0.251 e. The molecule has 0 aliphatic carbocycles. The van der Waals surface area contributed by atoms with Crippen LogP contribution in [0.3, 0.4) is 0 Å². The standard InChI is InChI=1S/C20H20ClN3O/c1-3-17-19(14-7-9-15(21)10-8-14)18(20(22)25)13(2)24(17)12-16-6-4-5-11-23-16/h4-11H,3,12H2,1-2H3,(H2,22,25). The normalized spacial score (nSPS) is 10.8. The summed E-state index contributed by atoms with van der Waals surface area (Å²) in [5, 5.41) is 0.659. The number of halogens is 1. The third-order valence-electron chi connectivity index (χ3n) is 4.39. The van der Waals surface area contributed by atoms with Crippen LogP contribution in [0, 0.1) is 6.92 Å². The van der Waals surface area contributed by atoms with Gasteiger partial charge in [0.25, 0.3) is 5.91 Å². The monoisotopic (exact) mass is 353 g/mol. The second-order valence-electron chi connectivity index (χ2n) is 5.91. The van der Waals surface area contributed by atoms with Crippen LogP contribution < -0.4 is 5.73 Å². The van der Waals surface area contributed by atoms with E-state index in [9.17, 15) is 4.79 Å². The Morgan fingerprint density at radius 2 is 1.92 bits per heavy atom. The molecule has 2 N–H and O–H groups in total. The van der Waals surface area contributed by atoms with Crippen LogP contribution in [0.1, 0.15) is 34.4 Å². The van der Waals surface area contributed by atoms with Gasteiger partial charge in [0.2, 0.25) is 0 Å². The minimum absolute atomic E-state index is 0.420.